The van der Waals surface area contributed by atoms with E-state index >= 15 is 0 Å². The van der Waals surface area contributed by atoms with Gasteiger partial charge in [-0.2, -0.15) is 0 Å². The summed E-state index contributed by atoms with van der Waals surface area (Å²) in [6, 6.07) is 0. The number of hydrogen-bond acceptors (Lipinski definition) is 3. The molecule has 3 nitrogen and oxygen atoms in total. The van der Waals surface area contributed by atoms with Crippen LogP contribution in [0.2, 0.25) is 0 Å². The molecule has 1 aliphatic carbocycles. The number of ether oxygens (including phenoxy) is 1. The van der Waals surface area contributed by atoms with Gasteiger partial charge in [0.15, 0.2) is 0 Å². The maximum absolute atomic E-state index is 5.80. The van der Waals surface area contributed by atoms with Gasteiger partial charge in [0.25, 0.3) is 0 Å². The Morgan fingerprint density at radius 2 is 2.15 bits per heavy atom. The summed E-state index contributed by atoms with van der Waals surface area (Å²) in [4.78, 5) is 2.15. The molecule has 0 amide bonds. The molecule has 0 aromatic carbocycles. The molecule has 0 aliphatic heterocycles. The summed E-state index contributed by atoms with van der Waals surface area (Å²) < 4.78 is 5.80. The molecule has 1 rings (SSSR count). The van der Waals surface area contributed by atoms with E-state index in [0.29, 0.717) is 12.0 Å². The molecule has 0 saturated heterocycles. The van der Waals surface area contributed by atoms with Crippen LogP contribution in [0.5, 0.6) is 0 Å². The second-order valence-electron chi connectivity index (χ2n) is 4.14. The highest BCUT2D eigenvalue weighted by Crippen LogP contribution is 2.27. The van der Waals surface area contributed by atoms with E-state index in [-0.39, 0.29) is 0 Å². The molecule has 1 aliphatic rings. The molecule has 78 valence electrons. The summed E-state index contributed by atoms with van der Waals surface area (Å²) in [5.41, 5.74) is 5.67. The highest BCUT2D eigenvalue weighted by molar-refractivity contribution is 4.78. The van der Waals surface area contributed by atoms with Crippen LogP contribution in [0.25, 0.3) is 0 Å². The van der Waals surface area contributed by atoms with Crippen molar-refractivity contribution in [2.75, 3.05) is 33.8 Å². The Morgan fingerprint density at radius 1 is 1.38 bits per heavy atom. The van der Waals surface area contributed by atoms with Gasteiger partial charge in [-0.1, -0.05) is 6.42 Å². The van der Waals surface area contributed by atoms with Crippen molar-refractivity contribution in [3.05, 3.63) is 0 Å². The average molecular weight is 186 g/mol. The van der Waals surface area contributed by atoms with Gasteiger partial charge in [-0.3, -0.25) is 0 Å². The molecular formula is C10H22N2O. The highest BCUT2D eigenvalue weighted by Gasteiger charge is 2.26. The normalized spacial score (nSPS) is 28.6. The fraction of sp³-hybridized carbons (Fsp3) is 1.00. The standard InChI is InChI=1S/C10H22N2O/c1-12(2)6-7-13-10-5-3-4-9(10)8-11/h9-10H,3-8,11H2,1-2H3. The fourth-order valence-electron chi connectivity index (χ4n) is 1.88. The lowest BCUT2D eigenvalue weighted by atomic mass is 10.1. The molecule has 0 radical (unpaired) electrons. The Morgan fingerprint density at radius 3 is 2.77 bits per heavy atom. The Hall–Kier alpha value is -0.120. The minimum atomic E-state index is 0.435. The van der Waals surface area contributed by atoms with Crippen LogP contribution in [-0.4, -0.2) is 44.8 Å². The molecule has 13 heavy (non-hydrogen) atoms. The molecule has 2 N–H and O–H groups in total. The smallest absolute Gasteiger partial charge is 0.0616 e. The predicted octanol–water partition coefficient (Wildman–Crippen LogP) is 0.692. The fourth-order valence-corrected chi connectivity index (χ4v) is 1.88. The maximum atomic E-state index is 5.80. The van der Waals surface area contributed by atoms with Crippen LogP contribution in [0.4, 0.5) is 0 Å². The van der Waals surface area contributed by atoms with Crippen LogP contribution in [0.15, 0.2) is 0 Å². The van der Waals surface area contributed by atoms with Crippen LogP contribution in [-0.2, 0) is 4.74 Å². The lowest BCUT2D eigenvalue weighted by Gasteiger charge is -2.19. The molecule has 1 fully saturated rings. The highest BCUT2D eigenvalue weighted by atomic mass is 16.5. The summed E-state index contributed by atoms with van der Waals surface area (Å²) in [5.74, 6) is 0.613. The first-order valence-corrected chi connectivity index (χ1v) is 5.20. The average Bonchev–Trinajstić information content (AvgIpc) is 2.51. The van der Waals surface area contributed by atoms with E-state index in [9.17, 15) is 0 Å². The van der Waals surface area contributed by atoms with Crippen molar-refractivity contribution in [2.24, 2.45) is 11.7 Å². The molecule has 0 bridgehead atoms. The van der Waals surface area contributed by atoms with Crippen molar-refractivity contribution >= 4 is 0 Å². The predicted molar refractivity (Wildman–Crippen MR) is 54.7 cm³/mol. The van der Waals surface area contributed by atoms with E-state index in [1.54, 1.807) is 0 Å². The molecule has 0 aromatic rings. The Bertz CT molecular complexity index is 139. The van der Waals surface area contributed by atoms with Crippen LogP contribution < -0.4 is 5.73 Å². The van der Waals surface area contributed by atoms with Gasteiger partial charge in [0.2, 0.25) is 0 Å². The lowest BCUT2D eigenvalue weighted by Crippen LogP contribution is -2.28. The van der Waals surface area contributed by atoms with Gasteiger partial charge in [-0.15, -0.1) is 0 Å². The molecule has 0 aromatic heterocycles. The van der Waals surface area contributed by atoms with Crippen LogP contribution >= 0.6 is 0 Å². The Labute approximate surface area is 81.2 Å². The van der Waals surface area contributed by atoms with Crippen molar-refractivity contribution < 1.29 is 4.74 Å². The van der Waals surface area contributed by atoms with E-state index in [1.807, 2.05) is 0 Å². The minimum absolute atomic E-state index is 0.435. The van der Waals surface area contributed by atoms with Crippen LogP contribution in [0.3, 0.4) is 0 Å². The number of hydrogen-bond donors (Lipinski definition) is 1. The van der Waals surface area contributed by atoms with Gasteiger partial charge in [-0.25, -0.2) is 0 Å². The first-order valence-electron chi connectivity index (χ1n) is 5.20. The van der Waals surface area contributed by atoms with Gasteiger partial charge in [0.05, 0.1) is 12.7 Å². The number of rotatable bonds is 5. The zero-order valence-electron chi connectivity index (χ0n) is 8.83. The summed E-state index contributed by atoms with van der Waals surface area (Å²) in [5, 5.41) is 0. The lowest BCUT2D eigenvalue weighted by molar-refractivity contribution is 0.0229. The van der Waals surface area contributed by atoms with Gasteiger partial charge >= 0.3 is 0 Å². The Balaban J connectivity index is 2.13. The summed E-state index contributed by atoms with van der Waals surface area (Å²) in [6.07, 6.45) is 4.18. The van der Waals surface area contributed by atoms with E-state index < -0.39 is 0 Å². The zero-order chi connectivity index (χ0) is 9.68. The molecule has 2 unspecified atom stereocenters. The summed E-state index contributed by atoms with van der Waals surface area (Å²) in [7, 11) is 4.14. The Kier molecular flexibility index (Phi) is 4.70. The van der Waals surface area contributed by atoms with Crippen LogP contribution in [0, 0.1) is 5.92 Å². The molecule has 3 heteroatoms. The monoisotopic (exact) mass is 186 g/mol. The second kappa shape index (κ2) is 5.58. The van der Waals surface area contributed by atoms with Gasteiger partial charge in [-0.05, 0) is 39.4 Å². The third-order valence-electron chi connectivity index (χ3n) is 2.76. The van der Waals surface area contributed by atoms with E-state index in [2.05, 4.69) is 19.0 Å². The van der Waals surface area contributed by atoms with Crippen molar-refractivity contribution in [3.63, 3.8) is 0 Å². The van der Waals surface area contributed by atoms with E-state index in [0.717, 1.165) is 19.7 Å². The van der Waals surface area contributed by atoms with Crippen molar-refractivity contribution in [1.29, 1.82) is 0 Å². The van der Waals surface area contributed by atoms with Gasteiger partial charge in [0.1, 0.15) is 0 Å². The SMILES string of the molecule is CN(C)CCOC1CCCC1CN. The first-order chi connectivity index (χ1) is 6.24. The quantitative estimate of drug-likeness (QED) is 0.686. The molecule has 2 atom stereocenters. The molecule has 0 spiro atoms. The minimum Gasteiger partial charge on any atom is -0.377 e. The number of nitrogens with zero attached hydrogens (tertiary/aromatic N) is 1. The van der Waals surface area contributed by atoms with Crippen molar-refractivity contribution in [1.82, 2.24) is 4.90 Å². The number of nitrogens with two attached hydrogens (primary N) is 1. The third-order valence-corrected chi connectivity index (χ3v) is 2.76. The first kappa shape index (κ1) is 11.0. The van der Waals surface area contributed by atoms with E-state index in [4.69, 9.17) is 10.5 Å². The summed E-state index contributed by atoms with van der Waals surface area (Å²) >= 11 is 0. The second-order valence-corrected chi connectivity index (χ2v) is 4.14. The number of likely N-dealkylation sites (N-methyl/N-ethyl adjacent to an activating group) is 1. The third kappa shape index (κ3) is 3.63. The largest absolute Gasteiger partial charge is 0.377 e. The maximum Gasteiger partial charge on any atom is 0.0616 e. The van der Waals surface area contributed by atoms with Crippen molar-refractivity contribution in [3.8, 4) is 0 Å². The van der Waals surface area contributed by atoms with Crippen LogP contribution in [0.1, 0.15) is 19.3 Å². The van der Waals surface area contributed by atoms with Crippen molar-refractivity contribution in [2.45, 2.75) is 25.4 Å². The summed E-state index contributed by atoms with van der Waals surface area (Å²) in [6.45, 7) is 2.63. The van der Waals surface area contributed by atoms with Gasteiger partial charge in [0, 0.05) is 6.54 Å². The molecular weight excluding hydrogens is 164 g/mol. The molecule has 0 heterocycles. The zero-order valence-corrected chi connectivity index (χ0v) is 8.83. The van der Waals surface area contributed by atoms with Gasteiger partial charge < -0.3 is 15.4 Å². The molecule has 1 saturated carbocycles. The topological polar surface area (TPSA) is 38.5 Å². The van der Waals surface area contributed by atoms with E-state index in [1.165, 1.54) is 19.3 Å².